The number of benzene rings is 1. The number of aliphatic hydroxyl groups excluding tert-OH is 2. The molecule has 8 nitrogen and oxygen atoms in total. The number of aromatic hydroxyl groups is 1. The smallest absolute Gasteiger partial charge is 0.243 e. The lowest BCUT2D eigenvalue weighted by atomic mass is 9.99. The third-order valence-electron chi connectivity index (χ3n) is 4.90. The second-order valence-electron chi connectivity index (χ2n) is 7.95. The van der Waals surface area contributed by atoms with Crippen molar-refractivity contribution in [2.24, 2.45) is 0 Å². The Morgan fingerprint density at radius 1 is 0.931 bits per heavy atom. The molecule has 0 aromatic heterocycles. The fraction of sp³-hybridized carbons (Fsp3) is 0.619. The normalized spacial score (nSPS) is 21.6. The summed E-state index contributed by atoms with van der Waals surface area (Å²) in [5.74, 6) is -0.225. The molecule has 0 aliphatic carbocycles. The summed E-state index contributed by atoms with van der Waals surface area (Å²) in [5.41, 5.74) is 0.859. The van der Waals surface area contributed by atoms with E-state index in [9.17, 15) is 24.9 Å². The van der Waals surface area contributed by atoms with E-state index in [1.54, 1.807) is 38.1 Å². The number of piperazine rings is 1. The van der Waals surface area contributed by atoms with Crippen LogP contribution in [0.1, 0.15) is 38.7 Å². The van der Waals surface area contributed by atoms with Crippen molar-refractivity contribution in [2.45, 2.75) is 63.8 Å². The Bertz CT molecular complexity index is 653. The molecule has 1 aromatic rings. The summed E-state index contributed by atoms with van der Waals surface area (Å²) in [4.78, 5) is 26.7. The van der Waals surface area contributed by atoms with Gasteiger partial charge >= 0.3 is 0 Å². The number of phenols is 1. The molecule has 2 rings (SSSR count). The molecule has 5 N–H and O–H groups in total. The molecule has 29 heavy (non-hydrogen) atoms. The third kappa shape index (κ3) is 8.00. The molecule has 1 fully saturated rings. The minimum atomic E-state index is -0.615. The molecule has 8 heteroatoms. The Morgan fingerprint density at radius 3 is 2.07 bits per heavy atom. The number of carbonyl (C=O) groups excluding carboxylic acids is 2. The Hall–Kier alpha value is -2.16. The molecule has 0 radical (unpaired) electrons. The van der Waals surface area contributed by atoms with E-state index in [1.165, 1.54) is 0 Å². The summed E-state index contributed by atoms with van der Waals surface area (Å²) in [7, 11) is 0. The van der Waals surface area contributed by atoms with Crippen molar-refractivity contribution in [3.63, 3.8) is 0 Å². The van der Waals surface area contributed by atoms with Gasteiger partial charge in [-0.15, -0.1) is 0 Å². The maximum absolute atomic E-state index is 12.4. The first-order valence-electron chi connectivity index (χ1n) is 10.2. The largest absolute Gasteiger partial charge is 0.508 e. The van der Waals surface area contributed by atoms with Gasteiger partial charge in [-0.2, -0.15) is 0 Å². The van der Waals surface area contributed by atoms with Gasteiger partial charge in [0.2, 0.25) is 11.8 Å². The molecule has 2 amide bonds. The second-order valence-corrected chi connectivity index (χ2v) is 7.95. The molecule has 0 bridgehead atoms. The SMILES string of the molecule is CC(O)CN(CCCCC1NC(=O)C(Cc2ccc(O)cc2)NC1=O)CC(C)O. The van der Waals surface area contributed by atoms with Crippen LogP contribution in [-0.2, 0) is 16.0 Å². The average molecular weight is 408 g/mol. The monoisotopic (exact) mass is 407 g/mol. The zero-order valence-corrected chi connectivity index (χ0v) is 17.2. The van der Waals surface area contributed by atoms with E-state index in [0.717, 1.165) is 18.4 Å². The zero-order chi connectivity index (χ0) is 21.4. The second kappa shape index (κ2) is 11.1. The van der Waals surface area contributed by atoms with Crippen LogP contribution in [0.25, 0.3) is 0 Å². The molecular formula is C21H33N3O5. The molecule has 1 heterocycles. The van der Waals surface area contributed by atoms with E-state index in [4.69, 9.17) is 0 Å². The van der Waals surface area contributed by atoms with Crippen molar-refractivity contribution < 1.29 is 24.9 Å². The summed E-state index contributed by atoms with van der Waals surface area (Å²) in [5, 5.41) is 34.1. The summed E-state index contributed by atoms with van der Waals surface area (Å²) in [6.45, 7) is 5.12. The highest BCUT2D eigenvalue weighted by Gasteiger charge is 2.33. The highest BCUT2D eigenvalue weighted by Crippen LogP contribution is 2.14. The van der Waals surface area contributed by atoms with Gasteiger partial charge in [0.1, 0.15) is 17.8 Å². The number of rotatable bonds is 11. The van der Waals surface area contributed by atoms with Crippen molar-refractivity contribution >= 4 is 11.8 Å². The van der Waals surface area contributed by atoms with E-state index in [1.807, 2.05) is 4.90 Å². The lowest BCUT2D eigenvalue weighted by Gasteiger charge is -2.30. The number of nitrogens with zero attached hydrogens (tertiary/aromatic N) is 1. The number of phenolic OH excluding ortho intramolecular Hbond substituents is 1. The maximum Gasteiger partial charge on any atom is 0.243 e. The molecule has 162 valence electrons. The molecule has 1 aliphatic heterocycles. The van der Waals surface area contributed by atoms with Gasteiger partial charge in [-0.05, 0) is 57.4 Å². The first-order valence-corrected chi connectivity index (χ1v) is 10.2. The van der Waals surface area contributed by atoms with Crippen LogP contribution in [0.15, 0.2) is 24.3 Å². The fourth-order valence-electron chi connectivity index (χ4n) is 3.58. The molecular weight excluding hydrogens is 374 g/mol. The van der Waals surface area contributed by atoms with E-state index < -0.39 is 24.3 Å². The molecule has 0 saturated carbocycles. The minimum absolute atomic E-state index is 0.159. The Labute approximate surface area is 171 Å². The lowest BCUT2D eigenvalue weighted by Crippen LogP contribution is -2.62. The van der Waals surface area contributed by atoms with Gasteiger partial charge in [0.25, 0.3) is 0 Å². The van der Waals surface area contributed by atoms with Crippen LogP contribution in [0.3, 0.4) is 0 Å². The van der Waals surface area contributed by atoms with Crippen LogP contribution in [0, 0.1) is 0 Å². The number of carbonyl (C=O) groups is 2. The zero-order valence-electron chi connectivity index (χ0n) is 17.2. The van der Waals surface area contributed by atoms with Crippen LogP contribution < -0.4 is 10.6 Å². The topological polar surface area (TPSA) is 122 Å². The number of amides is 2. The van der Waals surface area contributed by atoms with Gasteiger partial charge in [0.05, 0.1) is 12.2 Å². The molecule has 4 unspecified atom stereocenters. The number of nitrogens with one attached hydrogen (secondary N) is 2. The van der Waals surface area contributed by atoms with Crippen molar-refractivity contribution in [1.29, 1.82) is 0 Å². The van der Waals surface area contributed by atoms with Gasteiger partial charge in [0, 0.05) is 19.5 Å². The Balaban J connectivity index is 1.76. The molecule has 4 atom stereocenters. The van der Waals surface area contributed by atoms with Crippen molar-refractivity contribution in [3.8, 4) is 5.75 Å². The van der Waals surface area contributed by atoms with Gasteiger partial charge in [0.15, 0.2) is 0 Å². The standard InChI is InChI=1S/C21H33N3O5/c1-14(25)12-24(13-15(2)26)10-4-3-5-18-20(28)23-19(21(29)22-18)11-16-6-8-17(27)9-7-16/h6-9,14-15,18-19,25-27H,3-5,10-13H2,1-2H3,(H,22,29)(H,23,28). The number of hydrogen-bond acceptors (Lipinski definition) is 6. The summed E-state index contributed by atoms with van der Waals surface area (Å²) in [6.07, 6.45) is 1.52. The van der Waals surface area contributed by atoms with E-state index in [-0.39, 0.29) is 17.6 Å². The van der Waals surface area contributed by atoms with Crippen molar-refractivity contribution in [2.75, 3.05) is 19.6 Å². The van der Waals surface area contributed by atoms with E-state index in [2.05, 4.69) is 10.6 Å². The highest BCUT2D eigenvalue weighted by atomic mass is 16.3. The molecule has 1 aromatic carbocycles. The van der Waals surface area contributed by atoms with Crippen LogP contribution in [-0.4, -0.2) is 76.0 Å². The first kappa shape index (κ1) is 23.1. The quantitative estimate of drug-likeness (QED) is 0.333. The fourth-order valence-corrected chi connectivity index (χ4v) is 3.58. The van der Waals surface area contributed by atoms with Crippen LogP contribution in [0.4, 0.5) is 0 Å². The maximum atomic E-state index is 12.4. The lowest BCUT2D eigenvalue weighted by molar-refractivity contribution is -0.136. The summed E-state index contributed by atoms with van der Waals surface area (Å²) < 4.78 is 0. The highest BCUT2D eigenvalue weighted by molar-refractivity contribution is 5.97. The molecule has 1 aliphatic rings. The predicted octanol–water partition coefficient (Wildman–Crippen LogP) is 0.152. The van der Waals surface area contributed by atoms with Gasteiger partial charge in [-0.3, -0.25) is 14.5 Å². The summed E-state index contributed by atoms with van der Waals surface area (Å²) >= 11 is 0. The van der Waals surface area contributed by atoms with Crippen LogP contribution >= 0.6 is 0 Å². The van der Waals surface area contributed by atoms with E-state index in [0.29, 0.717) is 32.5 Å². The van der Waals surface area contributed by atoms with Gasteiger partial charge in [-0.25, -0.2) is 0 Å². The van der Waals surface area contributed by atoms with Gasteiger partial charge in [-0.1, -0.05) is 12.1 Å². The Morgan fingerprint density at radius 2 is 1.48 bits per heavy atom. The number of aliphatic hydroxyl groups is 2. The van der Waals surface area contributed by atoms with Gasteiger partial charge < -0.3 is 26.0 Å². The number of unbranched alkanes of at least 4 members (excludes halogenated alkanes) is 1. The van der Waals surface area contributed by atoms with Crippen molar-refractivity contribution in [1.82, 2.24) is 15.5 Å². The van der Waals surface area contributed by atoms with Crippen LogP contribution in [0.2, 0.25) is 0 Å². The van der Waals surface area contributed by atoms with E-state index >= 15 is 0 Å². The first-order chi connectivity index (χ1) is 13.7. The molecule has 0 spiro atoms. The third-order valence-corrected chi connectivity index (χ3v) is 4.90. The number of hydrogen-bond donors (Lipinski definition) is 5. The average Bonchev–Trinajstić information content (AvgIpc) is 2.63. The molecule has 1 saturated heterocycles. The van der Waals surface area contributed by atoms with Crippen LogP contribution in [0.5, 0.6) is 5.75 Å². The van der Waals surface area contributed by atoms with Crippen molar-refractivity contribution in [3.05, 3.63) is 29.8 Å². The Kier molecular flexibility index (Phi) is 8.88. The predicted molar refractivity (Wildman–Crippen MR) is 109 cm³/mol. The minimum Gasteiger partial charge on any atom is -0.508 e. The summed E-state index contributed by atoms with van der Waals surface area (Å²) in [6, 6.07) is 5.41.